The van der Waals surface area contributed by atoms with Gasteiger partial charge in [-0.05, 0) is 48.8 Å². The highest BCUT2D eigenvalue weighted by molar-refractivity contribution is 6.30. The molecule has 0 spiro atoms. The van der Waals surface area contributed by atoms with Gasteiger partial charge in [-0.25, -0.2) is 0 Å². The van der Waals surface area contributed by atoms with Crippen LogP contribution in [0.2, 0.25) is 5.02 Å². The van der Waals surface area contributed by atoms with Crippen LogP contribution in [0.4, 0.5) is 0 Å². The maximum absolute atomic E-state index is 6.11. The Labute approximate surface area is 129 Å². The average Bonchev–Trinajstić information content (AvgIpc) is 2.38. The Morgan fingerprint density at radius 1 is 1.20 bits per heavy atom. The lowest BCUT2D eigenvalue weighted by Crippen LogP contribution is -2.45. The first-order valence-electron chi connectivity index (χ1n) is 7.89. The van der Waals surface area contributed by atoms with Crippen molar-refractivity contribution in [3.63, 3.8) is 0 Å². The molecule has 112 valence electrons. The van der Waals surface area contributed by atoms with Gasteiger partial charge in [-0.15, -0.1) is 0 Å². The van der Waals surface area contributed by atoms with Crippen molar-refractivity contribution in [2.75, 3.05) is 0 Å². The smallest absolute Gasteiger partial charge is 0.0409 e. The van der Waals surface area contributed by atoms with Crippen molar-refractivity contribution in [3.8, 4) is 0 Å². The van der Waals surface area contributed by atoms with Crippen LogP contribution in [-0.4, -0.2) is 6.04 Å². The zero-order valence-electron chi connectivity index (χ0n) is 13.2. The van der Waals surface area contributed by atoms with Crippen LogP contribution >= 0.6 is 11.6 Å². The van der Waals surface area contributed by atoms with E-state index < -0.39 is 0 Å². The quantitative estimate of drug-likeness (QED) is 0.765. The Morgan fingerprint density at radius 2 is 1.90 bits per heavy atom. The van der Waals surface area contributed by atoms with Crippen LogP contribution in [0.3, 0.4) is 0 Å². The van der Waals surface area contributed by atoms with E-state index in [0.717, 1.165) is 10.9 Å². The number of nitrogens with one attached hydrogen (secondary N) is 1. The molecule has 1 nitrogen and oxygen atoms in total. The molecule has 0 radical (unpaired) electrons. The second-order valence-corrected chi connectivity index (χ2v) is 7.74. The van der Waals surface area contributed by atoms with Crippen molar-refractivity contribution in [1.29, 1.82) is 0 Å². The van der Waals surface area contributed by atoms with Gasteiger partial charge in [0, 0.05) is 17.1 Å². The minimum absolute atomic E-state index is 0.363. The molecule has 3 unspecified atom stereocenters. The highest BCUT2D eigenvalue weighted by Gasteiger charge is 2.34. The van der Waals surface area contributed by atoms with E-state index in [1.54, 1.807) is 0 Å². The molecule has 1 aromatic rings. The van der Waals surface area contributed by atoms with Crippen molar-refractivity contribution in [1.82, 2.24) is 5.32 Å². The highest BCUT2D eigenvalue weighted by Crippen LogP contribution is 2.38. The third kappa shape index (κ3) is 3.99. The van der Waals surface area contributed by atoms with Gasteiger partial charge in [-0.3, -0.25) is 0 Å². The predicted molar refractivity (Wildman–Crippen MR) is 88.2 cm³/mol. The van der Waals surface area contributed by atoms with Crippen LogP contribution in [0.15, 0.2) is 24.3 Å². The van der Waals surface area contributed by atoms with Crippen molar-refractivity contribution >= 4 is 11.6 Å². The molecular formula is C18H28ClN. The zero-order valence-corrected chi connectivity index (χ0v) is 14.0. The van der Waals surface area contributed by atoms with Gasteiger partial charge >= 0.3 is 0 Å². The fraction of sp³-hybridized carbons (Fsp3) is 0.667. The number of hydrogen-bond acceptors (Lipinski definition) is 1. The first-order valence-corrected chi connectivity index (χ1v) is 8.27. The van der Waals surface area contributed by atoms with Crippen LogP contribution in [0.1, 0.15) is 65.0 Å². The monoisotopic (exact) mass is 293 g/mol. The fourth-order valence-corrected chi connectivity index (χ4v) is 3.76. The predicted octanol–water partition coefficient (Wildman–Crippen LogP) is 5.60. The molecule has 0 heterocycles. The topological polar surface area (TPSA) is 12.0 Å². The molecule has 1 aromatic carbocycles. The van der Waals surface area contributed by atoms with Crippen molar-refractivity contribution in [3.05, 3.63) is 34.9 Å². The van der Waals surface area contributed by atoms with Crippen LogP contribution in [0.25, 0.3) is 0 Å². The Bertz CT molecular complexity index is 435. The van der Waals surface area contributed by atoms with Crippen LogP contribution in [0, 0.1) is 11.3 Å². The second kappa shape index (κ2) is 6.49. The van der Waals surface area contributed by atoms with Gasteiger partial charge in [-0.2, -0.15) is 0 Å². The van der Waals surface area contributed by atoms with Gasteiger partial charge < -0.3 is 5.32 Å². The molecule has 0 aromatic heterocycles. The molecule has 2 rings (SSSR count). The molecule has 3 atom stereocenters. The standard InChI is InChI=1S/C18H28ClN/c1-13(14-8-7-9-15(19)12-14)20-17-11-6-5-10-16(17)18(2,3)4/h7-9,12-13,16-17,20H,5-6,10-11H2,1-4H3. The lowest BCUT2D eigenvalue weighted by Gasteiger charge is -2.42. The molecule has 1 fully saturated rings. The summed E-state index contributed by atoms with van der Waals surface area (Å²) < 4.78 is 0. The zero-order chi connectivity index (χ0) is 14.8. The van der Waals surface area contributed by atoms with Gasteiger partial charge in [0.25, 0.3) is 0 Å². The van der Waals surface area contributed by atoms with Gasteiger partial charge in [0.1, 0.15) is 0 Å². The number of halogens is 1. The first-order chi connectivity index (χ1) is 9.38. The third-order valence-electron chi connectivity index (χ3n) is 4.69. The Hall–Kier alpha value is -0.530. The molecule has 2 heteroatoms. The summed E-state index contributed by atoms with van der Waals surface area (Å²) in [5.41, 5.74) is 1.67. The summed E-state index contributed by atoms with van der Waals surface area (Å²) in [6.07, 6.45) is 5.38. The minimum atomic E-state index is 0.363. The van der Waals surface area contributed by atoms with Gasteiger partial charge in [-0.1, -0.05) is 57.3 Å². The van der Waals surface area contributed by atoms with Crippen molar-refractivity contribution in [2.24, 2.45) is 11.3 Å². The van der Waals surface area contributed by atoms with Gasteiger partial charge in [0.05, 0.1) is 0 Å². The molecule has 1 N–H and O–H groups in total. The molecular weight excluding hydrogens is 266 g/mol. The minimum Gasteiger partial charge on any atom is -0.307 e. The van der Waals surface area contributed by atoms with E-state index in [1.807, 2.05) is 12.1 Å². The van der Waals surface area contributed by atoms with E-state index in [9.17, 15) is 0 Å². The summed E-state index contributed by atoms with van der Waals surface area (Å²) in [4.78, 5) is 0. The van der Waals surface area contributed by atoms with Crippen molar-refractivity contribution < 1.29 is 0 Å². The van der Waals surface area contributed by atoms with Crippen LogP contribution < -0.4 is 5.32 Å². The summed E-state index contributed by atoms with van der Waals surface area (Å²) >= 11 is 6.11. The highest BCUT2D eigenvalue weighted by atomic mass is 35.5. The van der Waals surface area contributed by atoms with Crippen LogP contribution in [0.5, 0.6) is 0 Å². The molecule has 20 heavy (non-hydrogen) atoms. The molecule has 0 aliphatic heterocycles. The largest absolute Gasteiger partial charge is 0.307 e. The fourth-order valence-electron chi connectivity index (χ4n) is 3.56. The lowest BCUT2D eigenvalue weighted by molar-refractivity contribution is 0.124. The Morgan fingerprint density at radius 3 is 2.55 bits per heavy atom. The normalized spacial score (nSPS) is 25.4. The molecule has 1 saturated carbocycles. The van der Waals surface area contributed by atoms with E-state index in [4.69, 9.17) is 11.6 Å². The summed E-state index contributed by atoms with van der Waals surface area (Å²) in [5.74, 6) is 0.762. The maximum Gasteiger partial charge on any atom is 0.0409 e. The molecule has 0 bridgehead atoms. The summed E-state index contributed by atoms with van der Waals surface area (Å²) in [7, 11) is 0. The average molecular weight is 294 g/mol. The first kappa shape index (κ1) is 15.9. The summed E-state index contributed by atoms with van der Waals surface area (Å²) in [6, 6.07) is 9.21. The molecule has 0 amide bonds. The van der Waals surface area contributed by atoms with E-state index in [1.165, 1.54) is 31.2 Å². The molecule has 1 aliphatic carbocycles. The van der Waals surface area contributed by atoms with E-state index in [-0.39, 0.29) is 0 Å². The van der Waals surface area contributed by atoms with E-state index in [2.05, 4.69) is 45.1 Å². The Balaban J connectivity index is 2.07. The number of benzene rings is 1. The molecule has 1 aliphatic rings. The third-order valence-corrected chi connectivity index (χ3v) is 4.93. The van der Waals surface area contributed by atoms with Gasteiger partial charge in [0.15, 0.2) is 0 Å². The van der Waals surface area contributed by atoms with Crippen LogP contribution in [-0.2, 0) is 0 Å². The second-order valence-electron chi connectivity index (χ2n) is 7.31. The Kier molecular flexibility index (Phi) is 5.14. The number of rotatable bonds is 3. The summed E-state index contributed by atoms with van der Waals surface area (Å²) in [5, 5.41) is 4.69. The van der Waals surface area contributed by atoms with E-state index in [0.29, 0.717) is 17.5 Å². The maximum atomic E-state index is 6.11. The SMILES string of the molecule is CC(NC1CCCCC1C(C)(C)C)c1cccc(Cl)c1. The van der Waals surface area contributed by atoms with Gasteiger partial charge in [0.2, 0.25) is 0 Å². The number of hydrogen-bond donors (Lipinski definition) is 1. The lowest BCUT2D eigenvalue weighted by atomic mass is 9.69. The van der Waals surface area contributed by atoms with E-state index >= 15 is 0 Å². The molecule has 0 saturated heterocycles. The van der Waals surface area contributed by atoms with Crippen molar-refractivity contribution in [2.45, 2.75) is 65.5 Å². The summed E-state index contributed by atoms with van der Waals surface area (Å²) in [6.45, 7) is 9.38.